The van der Waals surface area contributed by atoms with Gasteiger partial charge in [0.15, 0.2) is 11.5 Å². The first-order valence-electron chi connectivity index (χ1n) is 9.90. The summed E-state index contributed by atoms with van der Waals surface area (Å²) in [7, 11) is 1.63. The van der Waals surface area contributed by atoms with Gasteiger partial charge >= 0.3 is 0 Å². The molecule has 0 atom stereocenters. The molecule has 0 aliphatic heterocycles. The van der Waals surface area contributed by atoms with Crippen LogP contribution in [0.1, 0.15) is 16.7 Å². The number of ether oxygens (including phenoxy) is 2. The van der Waals surface area contributed by atoms with E-state index in [-0.39, 0.29) is 0 Å². The summed E-state index contributed by atoms with van der Waals surface area (Å²) in [4.78, 5) is 0. The molecule has 0 bridgehead atoms. The molecule has 1 N–H and O–H groups in total. The third-order valence-corrected chi connectivity index (χ3v) is 5.31. The number of aryl methyl sites for hydroxylation is 1. The molecule has 0 amide bonds. The highest BCUT2D eigenvalue weighted by Gasteiger charge is 2.13. The Labute approximate surface area is 182 Å². The molecule has 0 saturated heterocycles. The highest BCUT2D eigenvalue weighted by Crippen LogP contribution is 2.37. The average molecular weight is 418 g/mol. The van der Waals surface area contributed by atoms with Crippen molar-refractivity contribution in [3.63, 3.8) is 0 Å². The van der Waals surface area contributed by atoms with Crippen LogP contribution < -0.4 is 14.8 Å². The van der Waals surface area contributed by atoms with Crippen molar-refractivity contribution < 1.29 is 9.47 Å². The largest absolute Gasteiger partial charge is 0.493 e. The number of nitrogens with one attached hydrogen (secondary N) is 1. The van der Waals surface area contributed by atoms with Crippen molar-refractivity contribution in [3.05, 3.63) is 101 Å². The minimum absolute atomic E-state index is 0.436. The van der Waals surface area contributed by atoms with Gasteiger partial charge in [0, 0.05) is 17.6 Å². The Morgan fingerprint density at radius 3 is 2.50 bits per heavy atom. The lowest BCUT2D eigenvalue weighted by Gasteiger charge is -2.15. The molecule has 0 spiro atoms. The quantitative estimate of drug-likeness (QED) is 0.351. The van der Waals surface area contributed by atoms with Gasteiger partial charge in [0.2, 0.25) is 0 Å². The molecule has 0 unspecified atom stereocenters. The van der Waals surface area contributed by atoms with E-state index < -0.39 is 0 Å². The van der Waals surface area contributed by atoms with E-state index in [1.165, 1.54) is 16.3 Å². The van der Waals surface area contributed by atoms with Gasteiger partial charge in [-0.15, -0.1) is 0 Å². The Kier molecular flexibility index (Phi) is 6.10. The Hall–Kier alpha value is -3.17. The molecular formula is C26H24ClNO2. The zero-order valence-corrected chi connectivity index (χ0v) is 17.9. The summed E-state index contributed by atoms with van der Waals surface area (Å²) in [5.41, 5.74) is 4.40. The first-order chi connectivity index (χ1) is 14.6. The smallest absolute Gasteiger partial charge is 0.180 e. The summed E-state index contributed by atoms with van der Waals surface area (Å²) in [6.45, 7) is 3.13. The van der Waals surface area contributed by atoms with E-state index >= 15 is 0 Å². The molecule has 4 aromatic rings. The Balaban J connectivity index is 1.51. The predicted molar refractivity (Wildman–Crippen MR) is 125 cm³/mol. The van der Waals surface area contributed by atoms with Crippen LogP contribution >= 0.6 is 11.6 Å². The van der Waals surface area contributed by atoms with Crippen LogP contribution in [0.15, 0.2) is 78.9 Å². The first-order valence-corrected chi connectivity index (χ1v) is 10.3. The van der Waals surface area contributed by atoms with Gasteiger partial charge < -0.3 is 14.8 Å². The second kappa shape index (κ2) is 9.10. The van der Waals surface area contributed by atoms with Crippen LogP contribution in [0.5, 0.6) is 11.5 Å². The summed E-state index contributed by atoms with van der Waals surface area (Å²) in [6, 6.07) is 26.7. The fourth-order valence-electron chi connectivity index (χ4n) is 3.55. The van der Waals surface area contributed by atoms with E-state index in [0.29, 0.717) is 29.7 Å². The van der Waals surface area contributed by atoms with Crippen LogP contribution in [-0.4, -0.2) is 7.11 Å². The van der Waals surface area contributed by atoms with E-state index in [0.717, 1.165) is 16.8 Å². The number of halogens is 1. The van der Waals surface area contributed by atoms with Crippen LogP contribution in [0.3, 0.4) is 0 Å². The standard InChI is InChI=1S/C26H24ClNO2/c1-18-7-5-8-19(13-18)17-30-26-23(27)14-20(15-25(26)29-2)16-28-24-12-6-10-21-9-3-4-11-22(21)24/h3-15,28H,16-17H2,1-2H3. The zero-order valence-electron chi connectivity index (χ0n) is 17.1. The Bertz CT molecular complexity index is 1170. The van der Waals surface area contributed by atoms with E-state index in [2.05, 4.69) is 54.7 Å². The van der Waals surface area contributed by atoms with Gasteiger partial charge in [-0.1, -0.05) is 77.8 Å². The molecule has 4 heteroatoms. The van der Waals surface area contributed by atoms with Gasteiger partial charge in [0.25, 0.3) is 0 Å². The van der Waals surface area contributed by atoms with Crippen molar-refractivity contribution in [2.24, 2.45) is 0 Å². The summed E-state index contributed by atoms with van der Waals surface area (Å²) in [5.74, 6) is 1.19. The van der Waals surface area contributed by atoms with Gasteiger partial charge in [0.1, 0.15) is 6.61 Å². The maximum atomic E-state index is 6.55. The highest BCUT2D eigenvalue weighted by molar-refractivity contribution is 6.32. The van der Waals surface area contributed by atoms with Gasteiger partial charge in [-0.3, -0.25) is 0 Å². The van der Waals surface area contributed by atoms with Gasteiger partial charge in [-0.05, 0) is 41.6 Å². The number of fused-ring (bicyclic) bond motifs is 1. The molecule has 0 aromatic heterocycles. The molecule has 4 aromatic carbocycles. The topological polar surface area (TPSA) is 30.5 Å². The number of hydrogen-bond acceptors (Lipinski definition) is 3. The molecule has 0 aliphatic rings. The second-order valence-electron chi connectivity index (χ2n) is 7.27. The Morgan fingerprint density at radius 2 is 1.67 bits per heavy atom. The number of hydrogen-bond donors (Lipinski definition) is 1. The van der Waals surface area contributed by atoms with Gasteiger partial charge in [-0.25, -0.2) is 0 Å². The molecule has 0 saturated carbocycles. The SMILES string of the molecule is COc1cc(CNc2cccc3ccccc23)cc(Cl)c1OCc1cccc(C)c1. The minimum atomic E-state index is 0.436. The first kappa shape index (κ1) is 20.1. The van der Waals surface area contributed by atoms with E-state index in [1.54, 1.807) is 7.11 Å². The lowest BCUT2D eigenvalue weighted by atomic mass is 10.1. The maximum Gasteiger partial charge on any atom is 0.180 e. The average Bonchev–Trinajstić information content (AvgIpc) is 2.76. The van der Waals surface area contributed by atoms with Gasteiger partial charge in [0.05, 0.1) is 12.1 Å². The minimum Gasteiger partial charge on any atom is -0.493 e. The van der Waals surface area contributed by atoms with Crippen molar-refractivity contribution in [2.45, 2.75) is 20.1 Å². The van der Waals surface area contributed by atoms with Crippen LogP contribution in [0, 0.1) is 6.92 Å². The summed E-state index contributed by atoms with van der Waals surface area (Å²) >= 11 is 6.55. The van der Waals surface area contributed by atoms with Crippen LogP contribution in [0.2, 0.25) is 5.02 Å². The van der Waals surface area contributed by atoms with Gasteiger partial charge in [-0.2, -0.15) is 0 Å². The third-order valence-electron chi connectivity index (χ3n) is 5.03. The fourth-order valence-corrected chi connectivity index (χ4v) is 3.84. The summed E-state index contributed by atoms with van der Waals surface area (Å²) < 4.78 is 11.6. The van der Waals surface area contributed by atoms with E-state index in [1.807, 2.05) is 36.4 Å². The third kappa shape index (κ3) is 4.52. The van der Waals surface area contributed by atoms with Crippen molar-refractivity contribution in [1.82, 2.24) is 0 Å². The molecule has 0 heterocycles. The summed E-state index contributed by atoms with van der Waals surface area (Å²) in [5, 5.41) is 6.45. The molecule has 4 rings (SSSR count). The highest BCUT2D eigenvalue weighted by atomic mass is 35.5. The van der Waals surface area contributed by atoms with E-state index in [4.69, 9.17) is 21.1 Å². The van der Waals surface area contributed by atoms with E-state index in [9.17, 15) is 0 Å². The zero-order chi connectivity index (χ0) is 20.9. The normalized spacial score (nSPS) is 10.8. The second-order valence-corrected chi connectivity index (χ2v) is 7.67. The molecule has 0 radical (unpaired) electrons. The molecule has 3 nitrogen and oxygen atoms in total. The van der Waals surface area contributed by atoms with Crippen LogP contribution in [-0.2, 0) is 13.2 Å². The molecule has 0 fully saturated rings. The van der Waals surface area contributed by atoms with Crippen molar-refractivity contribution >= 4 is 28.1 Å². The maximum absolute atomic E-state index is 6.55. The lowest BCUT2D eigenvalue weighted by molar-refractivity contribution is 0.284. The number of rotatable bonds is 7. The number of methoxy groups -OCH3 is 1. The van der Waals surface area contributed by atoms with Crippen LogP contribution in [0.25, 0.3) is 10.8 Å². The Morgan fingerprint density at radius 1 is 0.867 bits per heavy atom. The van der Waals surface area contributed by atoms with Crippen molar-refractivity contribution in [3.8, 4) is 11.5 Å². The summed E-state index contributed by atoms with van der Waals surface area (Å²) in [6.07, 6.45) is 0. The molecule has 152 valence electrons. The number of benzene rings is 4. The molecular weight excluding hydrogens is 394 g/mol. The molecule has 30 heavy (non-hydrogen) atoms. The van der Waals surface area contributed by atoms with Crippen molar-refractivity contribution in [1.29, 1.82) is 0 Å². The predicted octanol–water partition coefficient (Wildman–Crippen LogP) is 7.00. The van der Waals surface area contributed by atoms with Crippen LogP contribution in [0.4, 0.5) is 5.69 Å². The monoisotopic (exact) mass is 417 g/mol. The molecule has 0 aliphatic carbocycles. The fraction of sp³-hybridized carbons (Fsp3) is 0.154. The lowest BCUT2D eigenvalue weighted by Crippen LogP contribution is -2.03. The van der Waals surface area contributed by atoms with Crippen molar-refractivity contribution in [2.75, 3.05) is 12.4 Å². The number of anilines is 1.